The van der Waals surface area contributed by atoms with Crippen LogP contribution >= 0.6 is 11.6 Å². The molecule has 4 N–H and O–H groups in total. The second-order valence-corrected chi connectivity index (χ2v) is 7.44. The molecule has 0 aliphatic rings. The number of benzene rings is 2. The first-order valence-corrected chi connectivity index (χ1v) is 9.64. The van der Waals surface area contributed by atoms with Crippen LogP contribution in [0.4, 0.5) is 17.6 Å². The fraction of sp³-hybridized carbons (Fsp3) is 0.125. The zero-order valence-electron chi connectivity index (χ0n) is 14.3. The van der Waals surface area contributed by atoms with Gasteiger partial charge in [0.15, 0.2) is 0 Å². The summed E-state index contributed by atoms with van der Waals surface area (Å²) < 4.78 is 32.6. The van der Waals surface area contributed by atoms with E-state index in [-0.39, 0.29) is 22.1 Å². The Bertz CT molecular complexity index is 1170. The highest BCUT2D eigenvalue weighted by Gasteiger charge is 2.17. The molecule has 1 unspecified atom stereocenters. The van der Waals surface area contributed by atoms with Crippen molar-refractivity contribution in [2.45, 2.75) is 17.9 Å². The Morgan fingerprint density at radius 2 is 1.71 bits per heavy atom. The van der Waals surface area contributed by atoms with Crippen LogP contribution in [-0.2, 0) is 14.9 Å². The van der Waals surface area contributed by atoms with Gasteiger partial charge in [-0.1, -0.05) is 24.3 Å². The molecule has 1 aromatic heterocycles. The lowest BCUT2D eigenvalue weighted by atomic mass is 10.1. The van der Waals surface area contributed by atoms with E-state index in [0.29, 0.717) is 16.5 Å². The number of carboxylic acid groups (broad SMARTS) is 1. The number of anilines is 3. The minimum atomic E-state index is -4.41. The van der Waals surface area contributed by atoms with Gasteiger partial charge in [-0.15, -0.1) is 0 Å². The van der Waals surface area contributed by atoms with Crippen molar-refractivity contribution in [2.24, 2.45) is 0 Å². The van der Waals surface area contributed by atoms with Crippen LogP contribution in [0.1, 0.15) is 6.92 Å². The zero-order valence-corrected chi connectivity index (χ0v) is 15.9. The molecule has 0 bridgehead atoms. The van der Waals surface area contributed by atoms with Gasteiger partial charge in [0.2, 0.25) is 17.2 Å². The van der Waals surface area contributed by atoms with E-state index < -0.39 is 22.1 Å². The minimum absolute atomic E-state index is 0.0184. The second-order valence-electron chi connectivity index (χ2n) is 5.71. The molecule has 10 nitrogen and oxygen atoms in total. The summed E-state index contributed by atoms with van der Waals surface area (Å²) in [5, 5.41) is 15.1. The normalized spacial score (nSPS) is 12.5. The molecule has 28 heavy (non-hydrogen) atoms. The largest absolute Gasteiger partial charge is 0.480 e. The fourth-order valence-corrected chi connectivity index (χ4v) is 3.31. The molecule has 3 rings (SSSR count). The van der Waals surface area contributed by atoms with Gasteiger partial charge in [-0.25, -0.2) is 0 Å². The average molecular weight is 424 g/mol. The highest BCUT2D eigenvalue weighted by molar-refractivity contribution is 7.86. The molecule has 0 spiro atoms. The van der Waals surface area contributed by atoms with Gasteiger partial charge in [0.25, 0.3) is 10.1 Å². The molecule has 0 saturated carbocycles. The van der Waals surface area contributed by atoms with Crippen molar-refractivity contribution in [1.82, 2.24) is 15.0 Å². The summed E-state index contributed by atoms with van der Waals surface area (Å²) in [5.41, 5.74) is 0.447. The van der Waals surface area contributed by atoms with Gasteiger partial charge in [-0.05, 0) is 30.7 Å². The molecule has 0 aliphatic heterocycles. The Kier molecular flexibility index (Phi) is 5.31. The molecular weight excluding hydrogens is 410 g/mol. The number of hydrogen-bond donors (Lipinski definition) is 4. The van der Waals surface area contributed by atoms with Crippen LogP contribution in [-0.4, -0.2) is 45.0 Å². The SMILES string of the molecule is CC(Nc1nc(Cl)nc(Nc2ccc(S(=O)(=O)O)c3ccccc23)n1)C(=O)O. The number of rotatable bonds is 6. The van der Waals surface area contributed by atoms with Gasteiger partial charge < -0.3 is 15.7 Å². The molecule has 1 atom stereocenters. The number of carbonyl (C=O) groups is 1. The Morgan fingerprint density at radius 3 is 2.36 bits per heavy atom. The highest BCUT2D eigenvalue weighted by Crippen LogP contribution is 2.30. The number of aromatic nitrogens is 3. The van der Waals surface area contributed by atoms with Gasteiger partial charge in [-0.3, -0.25) is 9.35 Å². The van der Waals surface area contributed by atoms with E-state index in [0.717, 1.165) is 0 Å². The fourth-order valence-electron chi connectivity index (χ4n) is 2.45. The number of carboxylic acids is 1. The van der Waals surface area contributed by atoms with Crippen molar-refractivity contribution in [3.8, 4) is 0 Å². The summed E-state index contributed by atoms with van der Waals surface area (Å²) in [6.07, 6.45) is 0. The van der Waals surface area contributed by atoms with Crippen molar-refractivity contribution in [3.05, 3.63) is 41.7 Å². The van der Waals surface area contributed by atoms with E-state index in [1.54, 1.807) is 24.3 Å². The molecule has 12 heteroatoms. The van der Waals surface area contributed by atoms with Crippen LogP contribution in [0.2, 0.25) is 5.28 Å². The third kappa shape index (κ3) is 4.27. The van der Waals surface area contributed by atoms with Crippen LogP contribution in [0.3, 0.4) is 0 Å². The monoisotopic (exact) mass is 423 g/mol. The molecule has 0 aliphatic carbocycles. The van der Waals surface area contributed by atoms with Gasteiger partial charge in [0.1, 0.15) is 10.9 Å². The molecule has 2 aromatic carbocycles. The number of halogens is 1. The van der Waals surface area contributed by atoms with Crippen molar-refractivity contribution < 1.29 is 22.9 Å². The van der Waals surface area contributed by atoms with E-state index in [1.165, 1.54) is 19.1 Å². The Balaban J connectivity index is 2.02. The number of nitrogens with one attached hydrogen (secondary N) is 2. The standard InChI is InChI=1S/C16H14ClN5O5S/c1-8(13(23)24)18-15-20-14(17)21-16(22-15)19-11-6-7-12(28(25,26)27)10-5-3-2-4-9(10)11/h2-8H,1H3,(H,23,24)(H,25,26,27)(H2,18,19,20,21,22). The number of fused-ring (bicyclic) bond motifs is 1. The molecule has 0 saturated heterocycles. The summed E-state index contributed by atoms with van der Waals surface area (Å²) in [6.45, 7) is 1.41. The molecule has 0 amide bonds. The predicted octanol–water partition coefficient (Wildman–Crippen LogP) is 2.55. The second kappa shape index (κ2) is 7.54. The Morgan fingerprint density at radius 1 is 1.07 bits per heavy atom. The summed E-state index contributed by atoms with van der Waals surface area (Å²) in [5.74, 6) is -1.13. The third-order valence-electron chi connectivity index (χ3n) is 3.73. The van der Waals surface area contributed by atoms with Crippen LogP contribution in [0, 0.1) is 0 Å². The van der Waals surface area contributed by atoms with Gasteiger partial charge in [0, 0.05) is 16.5 Å². The molecule has 146 valence electrons. The van der Waals surface area contributed by atoms with Crippen molar-refractivity contribution in [2.75, 3.05) is 10.6 Å². The molecule has 0 radical (unpaired) electrons. The molecular formula is C16H14ClN5O5S. The maximum atomic E-state index is 11.6. The van der Waals surface area contributed by atoms with Crippen molar-refractivity contribution >= 4 is 56.0 Å². The quantitative estimate of drug-likeness (QED) is 0.434. The minimum Gasteiger partial charge on any atom is -0.480 e. The number of hydrogen-bond acceptors (Lipinski definition) is 8. The van der Waals surface area contributed by atoms with Gasteiger partial charge in [0.05, 0.1) is 0 Å². The molecule has 0 fully saturated rings. The zero-order chi connectivity index (χ0) is 20.5. The molecule has 1 heterocycles. The lowest BCUT2D eigenvalue weighted by Crippen LogP contribution is -2.26. The maximum absolute atomic E-state index is 11.6. The Hall–Kier alpha value is -3.02. The van der Waals surface area contributed by atoms with E-state index in [9.17, 15) is 17.8 Å². The van der Waals surface area contributed by atoms with E-state index in [2.05, 4.69) is 25.6 Å². The molecule has 3 aromatic rings. The summed E-state index contributed by atoms with van der Waals surface area (Å²) in [6, 6.07) is 8.26. The number of aliphatic carboxylic acids is 1. The van der Waals surface area contributed by atoms with Crippen LogP contribution in [0.15, 0.2) is 41.3 Å². The summed E-state index contributed by atoms with van der Waals surface area (Å²) in [7, 11) is -4.41. The first kappa shape index (κ1) is 19.7. The van der Waals surface area contributed by atoms with Gasteiger partial charge in [-0.2, -0.15) is 23.4 Å². The average Bonchev–Trinajstić information content (AvgIpc) is 2.60. The number of nitrogens with zero attached hydrogens (tertiary/aromatic N) is 3. The predicted molar refractivity (Wildman–Crippen MR) is 103 cm³/mol. The third-order valence-corrected chi connectivity index (χ3v) is 4.81. The van der Waals surface area contributed by atoms with E-state index >= 15 is 0 Å². The summed E-state index contributed by atoms with van der Waals surface area (Å²) >= 11 is 5.88. The van der Waals surface area contributed by atoms with E-state index in [1.807, 2.05) is 0 Å². The maximum Gasteiger partial charge on any atom is 0.325 e. The van der Waals surface area contributed by atoms with Crippen LogP contribution in [0.25, 0.3) is 10.8 Å². The first-order chi connectivity index (χ1) is 13.1. The lowest BCUT2D eigenvalue weighted by Gasteiger charge is -2.13. The van der Waals surface area contributed by atoms with E-state index in [4.69, 9.17) is 16.7 Å². The van der Waals surface area contributed by atoms with Crippen LogP contribution < -0.4 is 10.6 Å². The first-order valence-electron chi connectivity index (χ1n) is 7.82. The highest BCUT2D eigenvalue weighted by atomic mass is 35.5. The Labute approximate surface area is 164 Å². The van der Waals surface area contributed by atoms with Crippen molar-refractivity contribution in [3.63, 3.8) is 0 Å². The topological polar surface area (TPSA) is 154 Å². The van der Waals surface area contributed by atoms with Crippen LogP contribution in [0.5, 0.6) is 0 Å². The smallest absolute Gasteiger partial charge is 0.325 e. The van der Waals surface area contributed by atoms with Gasteiger partial charge >= 0.3 is 5.97 Å². The van der Waals surface area contributed by atoms with Crippen molar-refractivity contribution in [1.29, 1.82) is 0 Å². The summed E-state index contributed by atoms with van der Waals surface area (Å²) in [4.78, 5) is 22.6. The lowest BCUT2D eigenvalue weighted by molar-refractivity contribution is -0.137.